The summed E-state index contributed by atoms with van der Waals surface area (Å²) in [4.78, 5) is 21.8. The van der Waals surface area contributed by atoms with E-state index in [0.717, 1.165) is 35.7 Å². The zero-order valence-electron chi connectivity index (χ0n) is 17.1. The van der Waals surface area contributed by atoms with E-state index in [1.165, 1.54) is 0 Å². The molecule has 1 aliphatic rings. The van der Waals surface area contributed by atoms with Crippen LogP contribution in [0.2, 0.25) is 0 Å². The Balaban J connectivity index is 1.42. The van der Waals surface area contributed by atoms with Crippen LogP contribution in [0.25, 0.3) is 16.9 Å². The lowest BCUT2D eigenvalue weighted by atomic mass is 10.1. The van der Waals surface area contributed by atoms with Crippen LogP contribution >= 0.6 is 0 Å². The average molecular weight is 409 g/mol. The zero-order valence-corrected chi connectivity index (χ0v) is 17.1. The Bertz CT molecular complexity index is 1150. The van der Waals surface area contributed by atoms with Crippen molar-refractivity contribution in [3.05, 3.63) is 97.0 Å². The molecule has 31 heavy (non-hydrogen) atoms. The number of anilines is 1. The van der Waals surface area contributed by atoms with Gasteiger partial charge in [0.1, 0.15) is 5.69 Å². The van der Waals surface area contributed by atoms with Gasteiger partial charge in [-0.3, -0.25) is 9.78 Å². The van der Waals surface area contributed by atoms with Crippen LogP contribution in [-0.4, -0.2) is 51.8 Å². The molecule has 5 rings (SSSR count). The molecule has 0 saturated carbocycles. The molecule has 154 valence electrons. The highest BCUT2D eigenvalue weighted by Crippen LogP contribution is 2.23. The van der Waals surface area contributed by atoms with Gasteiger partial charge < -0.3 is 9.80 Å². The van der Waals surface area contributed by atoms with E-state index in [1.807, 2.05) is 83.8 Å². The van der Waals surface area contributed by atoms with Crippen molar-refractivity contribution in [2.75, 3.05) is 31.1 Å². The van der Waals surface area contributed by atoms with E-state index in [0.29, 0.717) is 18.8 Å². The number of rotatable bonds is 4. The van der Waals surface area contributed by atoms with Crippen molar-refractivity contribution in [1.29, 1.82) is 0 Å². The molecular weight excluding hydrogens is 386 g/mol. The third-order valence-corrected chi connectivity index (χ3v) is 5.59. The van der Waals surface area contributed by atoms with Crippen LogP contribution in [0.5, 0.6) is 0 Å². The smallest absolute Gasteiger partial charge is 0.272 e. The number of amides is 1. The first-order valence-corrected chi connectivity index (χ1v) is 10.4. The normalized spacial score (nSPS) is 13.9. The van der Waals surface area contributed by atoms with Gasteiger partial charge in [0.15, 0.2) is 0 Å². The first-order chi connectivity index (χ1) is 15.3. The molecule has 1 aliphatic heterocycles. The van der Waals surface area contributed by atoms with Gasteiger partial charge in [-0.2, -0.15) is 5.10 Å². The van der Waals surface area contributed by atoms with Crippen molar-refractivity contribution in [2.45, 2.75) is 0 Å². The highest BCUT2D eigenvalue weighted by Gasteiger charge is 2.26. The number of pyridine rings is 1. The molecule has 0 radical (unpaired) electrons. The number of hydrogen-bond acceptors (Lipinski definition) is 4. The largest absolute Gasteiger partial charge is 0.368 e. The molecule has 1 amide bonds. The minimum atomic E-state index is 0.00733. The molecular formula is C25H23N5O. The maximum Gasteiger partial charge on any atom is 0.272 e. The van der Waals surface area contributed by atoms with Crippen LogP contribution in [0.1, 0.15) is 10.5 Å². The average Bonchev–Trinajstić information content (AvgIpc) is 3.31. The van der Waals surface area contributed by atoms with Crippen LogP contribution < -0.4 is 4.90 Å². The lowest BCUT2D eigenvalue weighted by Crippen LogP contribution is -2.49. The monoisotopic (exact) mass is 409 g/mol. The van der Waals surface area contributed by atoms with Crippen LogP contribution in [0.3, 0.4) is 0 Å². The molecule has 0 N–H and O–H groups in total. The summed E-state index contributed by atoms with van der Waals surface area (Å²) in [7, 11) is 0. The third kappa shape index (κ3) is 3.92. The Hall–Kier alpha value is -3.93. The van der Waals surface area contributed by atoms with E-state index in [1.54, 1.807) is 17.1 Å². The number of hydrogen-bond donors (Lipinski definition) is 0. The number of para-hydroxylation sites is 1. The summed E-state index contributed by atoms with van der Waals surface area (Å²) in [6, 6.07) is 25.7. The molecule has 6 nitrogen and oxygen atoms in total. The first kappa shape index (κ1) is 19.1. The molecule has 2 aromatic heterocycles. The molecule has 0 unspecified atom stereocenters. The Morgan fingerprint density at radius 2 is 1.39 bits per heavy atom. The maximum absolute atomic E-state index is 13.5. The molecule has 1 saturated heterocycles. The summed E-state index contributed by atoms with van der Waals surface area (Å²) >= 11 is 0. The predicted molar refractivity (Wildman–Crippen MR) is 121 cm³/mol. The van der Waals surface area contributed by atoms with Gasteiger partial charge in [-0.15, -0.1) is 0 Å². The second-order valence-electron chi connectivity index (χ2n) is 7.51. The molecule has 0 aliphatic carbocycles. The predicted octanol–water partition coefficient (Wildman–Crippen LogP) is 3.90. The number of aromatic nitrogens is 3. The Labute approximate surface area is 181 Å². The van der Waals surface area contributed by atoms with Gasteiger partial charge in [0.05, 0.1) is 11.4 Å². The second kappa shape index (κ2) is 8.44. The van der Waals surface area contributed by atoms with Crippen molar-refractivity contribution < 1.29 is 4.79 Å². The number of benzene rings is 2. The van der Waals surface area contributed by atoms with Gasteiger partial charge in [-0.05, 0) is 30.3 Å². The molecule has 0 atom stereocenters. The Morgan fingerprint density at radius 1 is 0.742 bits per heavy atom. The van der Waals surface area contributed by atoms with Gasteiger partial charge in [0.2, 0.25) is 0 Å². The van der Waals surface area contributed by atoms with E-state index >= 15 is 0 Å². The lowest BCUT2D eigenvalue weighted by molar-refractivity contribution is 0.0737. The second-order valence-corrected chi connectivity index (χ2v) is 7.51. The van der Waals surface area contributed by atoms with Crippen molar-refractivity contribution >= 4 is 11.6 Å². The molecule has 0 spiro atoms. The van der Waals surface area contributed by atoms with Gasteiger partial charge >= 0.3 is 0 Å². The fourth-order valence-electron chi connectivity index (χ4n) is 3.93. The van der Waals surface area contributed by atoms with Crippen molar-refractivity contribution in [1.82, 2.24) is 19.7 Å². The number of nitrogens with zero attached hydrogens (tertiary/aromatic N) is 5. The summed E-state index contributed by atoms with van der Waals surface area (Å²) in [6.45, 7) is 2.92. The standard InChI is InChI=1S/C25H23N5O/c31-25(29-17-15-28(16-18-29)21-11-13-26-14-12-21)24-19-23(20-7-3-1-4-8-20)27-30(24)22-9-5-2-6-10-22/h1-14,19H,15-18H2. The fourth-order valence-corrected chi connectivity index (χ4v) is 3.93. The molecule has 3 heterocycles. The number of carbonyl (C=O) groups is 1. The van der Waals surface area contributed by atoms with E-state index in [9.17, 15) is 4.79 Å². The molecule has 2 aromatic carbocycles. The number of carbonyl (C=O) groups excluding carboxylic acids is 1. The highest BCUT2D eigenvalue weighted by molar-refractivity contribution is 5.94. The van der Waals surface area contributed by atoms with Crippen LogP contribution in [0.15, 0.2) is 91.3 Å². The summed E-state index contributed by atoms with van der Waals surface area (Å²) in [6.07, 6.45) is 3.60. The maximum atomic E-state index is 13.5. The molecule has 0 bridgehead atoms. The minimum Gasteiger partial charge on any atom is -0.368 e. The van der Waals surface area contributed by atoms with E-state index < -0.39 is 0 Å². The van der Waals surface area contributed by atoms with Gasteiger partial charge in [0, 0.05) is 49.8 Å². The molecule has 1 fully saturated rings. The summed E-state index contributed by atoms with van der Waals surface area (Å²) in [5.41, 5.74) is 4.39. The SMILES string of the molecule is O=C(c1cc(-c2ccccc2)nn1-c1ccccc1)N1CCN(c2ccncc2)CC1. The van der Waals surface area contributed by atoms with Crippen molar-refractivity contribution in [3.8, 4) is 16.9 Å². The van der Waals surface area contributed by atoms with Crippen LogP contribution in [0.4, 0.5) is 5.69 Å². The summed E-state index contributed by atoms with van der Waals surface area (Å²) in [5.74, 6) is 0.00733. The van der Waals surface area contributed by atoms with Gasteiger partial charge in [-0.1, -0.05) is 48.5 Å². The summed E-state index contributed by atoms with van der Waals surface area (Å²) < 4.78 is 1.76. The van der Waals surface area contributed by atoms with Gasteiger partial charge in [0.25, 0.3) is 5.91 Å². The third-order valence-electron chi connectivity index (χ3n) is 5.59. The lowest BCUT2D eigenvalue weighted by Gasteiger charge is -2.36. The fraction of sp³-hybridized carbons (Fsp3) is 0.160. The van der Waals surface area contributed by atoms with E-state index in [4.69, 9.17) is 5.10 Å². The topological polar surface area (TPSA) is 54.3 Å². The van der Waals surface area contributed by atoms with Crippen molar-refractivity contribution in [2.24, 2.45) is 0 Å². The highest BCUT2D eigenvalue weighted by atomic mass is 16.2. The molecule has 4 aromatic rings. The van der Waals surface area contributed by atoms with E-state index in [2.05, 4.69) is 9.88 Å². The minimum absolute atomic E-state index is 0.00733. The first-order valence-electron chi connectivity index (χ1n) is 10.4. The van der Waals surface area contributed by atoms with E-state index in [-0.39, 0.29) is 5.91 Å². The number of piperazine rings is 1. The summed E-state index contributed by atoms with van der Waals surface area (Å²) in [5, 5.41) is 4.78. The van der Waals surface area contributed by atoms with Crippen LogP contribution in [0, 0.1) is 0 Å². The van der Waals surface area contributed by atoms with Gasteiger partial charge in [-0.25, -0.2) is 4.68 Å². The van der Waals surface area contributed by atoms with Crippen LogP contribution in [-0.2, 0) is 0 Å². The zero-order chi connectivity index (χ0) is 21.0. The quantitative estimate of drug-likeness (QED) is 0.513. The molecule has 6 heteroatoms. The van der Waals surface area contributed by atoms with Crippen molar-refractivity contribution in [3.63, 3.8) is 0 Å². The Morgan fingerprint density at radius 3 is 2.06 bits per heavy atom. The Kier molecular flexibility index (Phi) is 5.19.